The SMILES string of the molecule is C=CCN(Cc1cccs1)C(=O)c1ccc(S(=O)(=O)Nc2ccccc2)cc1. The van der Waals surface area contributed by atoms with Gasteiger partial charge in [0.15, 0.2) is 0 Å². The van der Waals surface area contributed by atoms with Gasteiger partial charge in [-0.25, -0.2) is 8.42 Å². The summed E-state index contributed by atoms with van der Waals surface area (Å²) in [6.45, 7) is 4.61. The van der Waals surface area contributed by atoms with E-state index in [2.05, 4.69) is 11.3 Å². The van der Waals surface area contributed by atoms with Crippen molar-refractivity contribution in [2.75, 3.05) is 11.3 Å². The molecule has 0 atom stereocenters. The van der Waals surface area contributed by atoms with E-state index in [0.29, 0.717) is 24.3 Å². The fraction of sp³-hybridized carbons (Fsp3) is 0.0952. The highest BCUT2D eigenvalue weighted by molar-refractivity contribution is 7.92. The number of rotatable bonds is 8. The highest BCUT2D eigenvalue weighted by Crippen LogP contribution is 2.18. The maximum atomic E-state index is 12.8. The summed E-state index contributed by atoms with van der Waals surface area (Å²) in [6.07, 6.45) is 1.67. The monoisotopic (exact) mass is 412 g/mol. The molecule has 0 saturated carbocycles. The molecule has 144 valence electrons. The molecule has 28 heavy (non-hydrogen) atoms. The third-order valence-electron chi connectivity index (χ3n) is 4.00. The Morgan fingerprint density at radius 1 is 1.04 bits per heavy atom. The molecule has 0 radical (unpaired) electrons. The Balaban J connectivity index is 1.76. The lowest BCUT2D eigenvalue weighted by Crippen LogP contribution is -2.30. The van der Waals surface area contributed by atoms with E-state index in [4.69, 9.17) is 0 Å². The summed E-state index contributed by atoms with van der Waals surface area (Å²) in [6, 6.07) is 18.5. The van der Waals surface area contributed by atoms with Crippen LogP contribution in [0.25, 0.3) is 0 Å². The second kappa shape index (κ2) is 8.86. The maximum Gasteiger partial charge on any atom is 0.261 e. The van der Waals surface area contributed by atoms with E-state index in [9.17, 15) is 13.2 Å². The molecular weight excluding hydrogens is 392 g/mol. The topological polar surface area (TPSA) is 66.5 Å². The van der Waals surface area contributed by atoms with Crippen LogP contribution in [-0.2, 0) is 16.6 Å². The molecule has 0 aliphatic carbocycles. The summed E-state index contributed by atoms with van der Waals surface area (Å²) in [5.41, 5.74) is 0.910. The van der Waals surface area contributed by atoms with Gasteiger partial charge in [0, 0.05) is 22.7 Å². The van der Waals surface area contributed by atoms with E-state index in [0.717, 1.165) is 4.88 Å². The molecule has 3 aromatic rings. The molecule has 1 heterocycles. The number of sulfonamides is 1. The summed E-state index contributed by atoms with van der Waals surface area (Å²) in [5, 5.41) is 1.96. The van der Waals surface area contributed by atoms with Crippen LogP contribution in [0.15, 0.2) is 89.7 Å². The molecule has 0 aliphatic heterocycles. The van der Waals surface area contributed by atoms with Crippen LogP contribution in [0.1, 0.15) is 15.2 Å². The van der Waals surface area contributed by atoms with Crippen LogP contribution in [0, 0.1) is 0 Å². The number of carbonyl (C=O) groups excluding carboxylic acids is 1. The minimum Gasteiger partial charge on any atom is -0.330 e. The molecule has 0 fully saturated rings. The van der Waals surface area contributed by atoms with E-state index < -0.39 is 10.0 Å². The molecule has 0 aliphatic rings. The molecule has 0 spiro atoms. The normalized spacial score (nSPS) is 11.0. The standard InChI is InChI=1S/C21H20N2O3S2/c1-2-14-23(16-19-9-6-15-27-19)21(24)17-10-12-20(13-11-17)28(25,26)22-18-7-4-3-5-8-18/h2-13,15,22H,1,14,16H2. The van der Waals surface area contributed by atoms with Gasteiger partial charge in [0.05, 0.1) is 11.4 Å². The van der Waals surface area contributed by atoms with Crippen LogP contribution < -0.4 is 4.72 Å². The average Bonchev–Trinajstić information content (AvgIpc) is 3.21. The zero-order chi connectivity index (χ0) is 20.0. The van der Waals surface area contributed by atoms with Gasteiger partial charge in [-0.05, 0) is 47.8 Å². The zero-order valence-electron chi connectivity index (χ0n) is 15.1. The first-order valence-electron chi connectivity index (χ1n) is 8.60. The number of nitrogens with one attached hydrogen (secondary N) is 1. The predicted octanol–water partition coefficient (Wildman–Crippen LogP) is 4.38. The molecule has 0 saturated heterocycles. The molecule has 7 heteroatoms. The largest absolute Gasteiger partial charge is 0.330 e. The minimum atomic E-state index is -3.72. The van der Waals surface area contributed by atoms with Crippen molar-refractivity contribution >= 4 is 33.0 Å². The third-order valence-corrected chi connectivity index (χ3v) is 6.26. The van der Waals surface area contributed by atoms with Gasteiger partial charge in [-0.1, -0.05) is 30.3 Å². The van der Waals surface area contributed by atoms with Gasteiger partial charge in [0.1, 0.15) is 0 Å². The van der Waals surface area contributed by atoms with E-state index in [1.54, 1.807) is 46.6 Å². The van der Waals surface area contributed by atoms with E-state index in [1.165, 1.54) is 24.3 Å². The molecule has 0 bridgehead atoms. The average molecular weight is 413 g/mol. The van der Waals surface area contributed by atoms with Gasteiger partial charge >= 0.3 is 0 Å². The summed E-state index contributed by atoms with van der Waals surface area (Å²) >= 11 is 1.58. The van der Waals surface area contributed by atoms with Crippen molar-refractivity contribution in [3.8, 4) is 0 Å². The van der Waals surface area contributed by atoms with Crippen LogP contribution in [0.4, 0.5) is 5.69 Å². The summed E-state index contributed by atoms with van der Waals surface area (Å²) in [7, 11) is -3.72. The number of amides is 1. The molecule has 1 amide bonds. The third kappa shape index (κ3) is 4.88. The lowest BCUT2D eigenvalue weighted by atomic mass is 10.2. The summed E-state index contributed by atoms with van der Waals surface area (Å²) in [4.78, 5) is 15.7. The fourth-order valence-corrected chi connectivity index (χ4v) is 4.42. The number of hydrogen-bond acceptors (Lipinski definition) is 4. The van der Waals surface area contributed by atoms with E-state index >= 15 is 0 Å². The Labute approximate surface area is 169 Å². The first-order chi connectivity index (χ1) is 13.5. The van der Waals surface area contributed by atoms with Crippen LogP contribution in [0.3, 0.4) is 0 Å². The second-order valence-electron chi connectivity index (χ2n) is 6.05. The quantitative estimate of drug-likeness (QED) is 0.559. The number of nitrogens with zero attached hydrogens (tertiary/aromatic N) is 1. The molecular formula is C21H20N2O3S2. The van der Waals surface area contributed by atoms with Crippen molar-refractivity contribution in [3.63, 3.8) is 0 Å². The lowest BCUT2D eigenvalue weighted by molar-refractivity contribution is 0.0764. The number of para-hydroxylation sites is 1. The minimum absolute atomic E-state index is 0.0985. The zero-order valence-corrected chi connectivity index (χ0v) is 16.7. The Kier molecular flexibility index (Phi) is 6.28. The van der Waals surface area contributed by atoms with Crippen molar-refractivity contribution in [1.29, 1.82) is 0 Å². The number of thiophene rings is 1. The van der Waals surface area contributed by atoms with Gasteiger partial charge in [-0.2, -0.15) is 0 Å². The van der Waals surface area contributed by atoms with Gasteiger partial charge < -0.3 is 4.90 Å². The molecule has 5 nitrogen and oxygen atoms in total. The summed E-state index contributed by atoms with van der Waals surface area (Å²) in [5.74, 6) is -0.173. The first kappa shape index (κ1) is 19.9. The van der Waals surface area contributed by atoms with E-state index in [1.807, 2.05) is 23.6 Å². The number of anilines is 1. The van der Waals surface area contributed by atoms with E-state index in [-0.39, 0.29) is 10.8 Å². The van der Waals surface area contributed by atoms with Gasteiger partial charge in [0.25, 0.3) is 15.9 Å². The van der Waals surface area contributed by atoms with Gasteiger partial charge in [-0.3, -0.25) is 9.52 Å². The summed E-state index contributed by atoms with van der Waals surface area (Å²) < 4.78 is 27.5. The highest BCUT2D eigenvalue weighted by atomic mass is 32.2. The Bertz CT molecular complexity index is 1030. The fourth-order valence-electron chi connectivity index (χ4n) is 2.65. The number of benzene rings is 2. The van der Waals surface area contributed by atoms with Crippen molar-refractivity contribution in [2.45, 2.75) is 11.4 Å². The second-order valence-corrected chi connectivity index (χ2v) is 8.76. The maximum absolute atomic E-state index is 12.8. The molecule has 1 aromatic heterocycles. The van der Waals surface area contributed by atoms with Gasteiger partial charge in [0.2, 0.25) is 0 Å². The Morgan fingerprint density at radius 3 is 2.36 bits per heavy atom. The predicted molar refractivity (Wildman–Crippen MR) is 113 cm³/mol. The van der Waals surface area contributed by atoms with Crippen LogP contribution in [0.5, 0.6) is 0 Å². The first-order valence-corrected chi connectivity index (χ1v) is 11.0. The van der Waals surface area contributed by atoms with Crippen LogP contribution in [-0.4, -0.2) is 25.8 Å². The highest BCUT2D eigenvalue weighted by Gasteiger charge is 2.18. The molecule has 3 rings (SSSR count). The van der Waals surface area contributed by atoms with Crippen LogP contribution >= 0.6 is 11.3 Å². The smallest absolute Gasteiger partial charge is 0.261 e. The van der Waals surface area contributed by atoms with Crippen molar-refractivity contribution < 1.29 is 13.2 Å². The number of carbonyl (C=O) groups is 1. The molecule has 2 aromatic carbocycles. The van der Waals surface area contributed by atoms with Crippen molar-refractivity contribution in [2.24, 2.45) is 0 Å². The Morgan fingerprint density at radius 2 is 1.75 bits per heavy atom. The Hall–Kier alpha value is -2.90. The van der Waals surface area contributed by atoms with Crippen molar-refractivity contribution in [3.05, 3.63) is 95.2 Å². The molecule has 1 N–H and O–H groups in total. The van der Waals surface area contributed by atoms with Crippen LogP contribution in [0.2, 0.25) is 0 Å². The molecule has 0 unspecified atom stereocenters. The number of hydrogen-bond donors (Lipinski definition) is 1. The van der Waals surface area contributed by atoms with Crippen molar-refractivity contribution in [1.82, 2.24) is 4.90 Å². The lowest BCUT2D eigenvalue weighted by Gasteiger charge is -2.20. The van der Waals surface area contributed by atoms with Gasteiger partial charge in [-0.15, -0.1) is 17.9 Å².